The number of halogens is 1. The number of alkyl halides is 1. The minimum Gasteiger partial charge on any atom is -0.331 e. The van der Waals surface area contributed by atoms with Crippen LogP contribution in [-0.4, -0.2) is 21.4 Å². The van der Waals surface area contributed by atoms with Gasteiger partial charge >= 0.3 is 0 Å². The zero-order chi connectivity index (χ0) is 11.3. The number of nitrogens with zero attached hydrogens (tertiary/aromatic N) is 1. The molecule has 0 heterocycles. The molecule has 0 aliphatic carbocycles. The van der Waals surface area contributed by atoms with E-state index in [4.69, 9.17) is 0 Å². The largest absolute Gasteiger partial charge is 0.331 e. The van der Waals surface area contributed by atoms with Gasteiger partial charge in [0.05, 0.1) is 4.05 Å². The Bertz CT molecular complexity index is 178. The van der Waals surface area contributed by atoms with E-state index in [1.807, 2.05) is 18.7 Å². The number of hydrogen-bond donors (Lipinski definition) is 0. The average Bonchev–Trinajstić information content (AvgIpc) is 2.02. The van der Waals surface area contributed by atoms with Gasteiger partial charge in [0.15, 0.2) is 0 Å². The minimum absolute atomic E-state index is 0.111. The monoisotopic (exact) mass is 311 g/mol. The summed E-state index contributed by atoms with van der Waals surface area (Å²) in [5.41, 5.74) is 0. The molecule has 0 aliphatic rings. The second-order valence-corrected chi connectivity index (χ2v) is 6.25. The molecule has 1 amide bonds. The average molecular weight is 311 g/mol. The van der Waals surface area contributed by atoms with Gasteiger partial charge in [-0.15, -0.1) is 0 Å². The Morgan fingerprint density at radius 3 is 2.00 bits per heavy atom. The van der Waals surface area contributed by atoms with Gasteiger partial charge in [0.1, 0.15) is 0 Å². The summed E-state index contributed by atoms with van der Waals surface area (Å²) < 4.78 is 0.293. The molecular weight excluding hydrogens is 289 g/mol. The quantitative estimate of drug-likeness (QED) is 0.433. The van der Waals surface area contributed by atoms with Crippen LogP contribution < -0.4 is 0 Å². The number of rotatable bonds is 5. The summed E-state index contributed by atoms with van der Waals surface area (Å²) in [5, 5.41) is 0. The van der Waals surface area contributed by atoms with Gasteiger partial charge in [-0.2, -0.15) is 0 Å². The van der Waals surface area contributed by atoms with Crippen LogP contribution in [-0.2, 0) is 4.79 Å². The Morgan fingerprint density at radius 1 is 1.21 bits per heavy atom. The summed E-state index contributed by atoms with van der Waals surface area (Å²) in [4.78, 5) is 13.8. The van der Waals surface area contributed by atoms with E-state index < -0.39 is 0 Å². The van der Waals surface area contributed by atoms with E-state index in [2.05, 4.69) is 43.4 Å². The normalized spacial score (nSPS) is 13.4. The van der Waals surface area contributed by atoms with Crippen LogP contribution in [0, 0.1) is 11.8 Å². The van der Waals surface area contributed by atoms with Gasteiger partial charge < -0.3 is 4.90 Å². The lowest BCUT2D eigenvalue weighted by Crippen LogP contribution is -2.39. The maximum Gasteiger partial charge on any atom is 0.225 e. The van der Waals surface area contributed by atoms with Crippen molar-refractivity contribution >= 4 is 28.5 Å². The van der Waals surface area contributed by atoms with E-state index in [0.717, 1.165) is 13.0 Å². The van der Waals surface area contributed by atoms with Crippen LogP contribution in [0.15, 0.2) is 0 Å². The molecule has 0 aromatic heterocycles. The van der Waals surface area contributed by atoms with E-state index in [1.54, 1.807) is 0 Å². The zero-order valence-electron chi connectivity index (χ0n) is 9.88. The predicted octanol–water partition coefficient (Wildman–Crippen LogP) is 3.30. The first-order valence-electron chi connectivity index (χ1n) is 5.30. The standard InChI is InChI=1S/C11H22INO/c1-8(2)6-7-13(10(5)12)11(14)9(3)4/h8-10H,6-7H2,1-5H3. The Hall–Kier alpha value is 0.200. The molecule has 14 heavy (non-hydrogen) atoms. The van der Waals surface area contributed by atoms with Crippen LogP contribution in [0.4, 0.5) is 0 Å². The van der Waals surface area contributed by atoms with Gasteiger partial charge in [-0.3, -0.25) is 4.79 Å². The van der Waals surface area contributed by atoms with E-state index in [1.165, 1.54) is 0 Å². The van der Waals surface area contributed by atoms with Gasteiger partial charge in [-0.1, -0.05) is 50.3 Å². The molecule has 0 N–H and O–H groups in total. The van der Waals surface area contributed by atoms with Crippen molar-refractivity contribution in [2.24, 2.45) is 11.8 Å². The molecule has 0 saturated carbocycles. The highest BCUT2D eigenvalue weighted by molar-refractivity contribution is 14.1. The molecule has 0 aromatic carbocycles. The van der Waals surface area contributed by atoms with Crippen molar-refractivity contribution in [1.82, 2.24) is 4.90 Å². The van der Waals surface area contributed by atoms with E-state index in [-0.39, 0.29) is 11.8 Å². The Balaban J connectivity index is 4.23. The lowest BCUT2D eigenvalue weighted by molar-refractivity contribution is -0.134. The molecule has 0 spiro atoms. The third kappa shape index (κ3) is 5.17. The van der Waals surface area contributed by atoms with E-state index >= 15 is 0 Å². The minimum atomic E-state index is 0.111. The fourth-order valence-electron chi connectivity index (χ4n) is 1.19. The Kier molecular flexibility index (Phi) is 6.74. The summed E-state index contributed by atoms with van der Waals surface area (Å²) in [6.07, 6.45) is 1.09. The number of hydrogen-bond acceptors (Lipinski definition) is 1. The molecule has 2 nitrogen and oxygen atoms in total. The second kappa shape index (κ2) is 6.64. The van der Waals surface area contributed by atoms with Crippen LogP contribution in [0.5, 0.6) is 0 Å². The summed E-state index contributed by atoms with van der Waals surface area (Å²) in [6, 6.07) is 0. The fourth-order valence-corrected chi connectivity index (χ4v) is 1.75. The molecule has 1 unspecified atom stereocenters. The number of carbonyl (C=O) groups excluding carboxylic acids is 1. The summed E-state index contributed by atoms with van der Waals surface area (Å²) in [7, 11) is 0. The fraction of sp³-hybridized carbons (Fsp3) is 0.909. The van der Waals surface area contributed by atoms with Gasteiger partial charge in [0.25, 0.3) is 0 Å². The second-order valence-electron chi connectivity index (χ2n) is 4.44. The molecule has 0 aromatic rings. The Labute approximate surface area is 102 Å². The van der Waals surface area contributed by atoms with E-state index in [9.17, 15) is 4.79 Å². The van der Waals surface area contributed by atoms with Crippen LogP contribution in [0.25, 0.3) is 0 Å². The highest BCUT2D eigenvalue weighted by Gasteiger charge is 2.20. The highest BCUT2D eigenvalue weighted by atomic mass is 127. The van der Waals surface area contributed by atoms with Crippen molar-refractivity contribution in [2.75, 3.05) is 6.54 Å². The third-order valence-electron chi connectivity index (χ3n) is 2.15. The van der Waals surface area contributed by atoms with Crippen LogP contribution in [0.3, 0.4) is 0 Å². The van der Waals surface area contributed by atoms with Crippen molar-refractivity contribution in [3.63, 3.8) is 0 Å². The zero-order valence-corrected chi connectivity index (χ0v) is 12.0. The molecular formula is C11H22INO. The SMILES string of the molecule is CC(C)CCN(C(=O)C(C)C)C(C)I. The molecule has 0 fully saturated rings. The van der Waals surface area contributed by atoms with Crippen LogP contribution >= 0.6 is 22.6 Å². The van der Waals surface area contributed by atoms with Crippen molar-refractivity contribution in [1.29, 1.82) is 0 Å². The maximum atomic E-state index is 11.8. The molecule has 3 heteroatoms. The number of carbonyl (C=O) groups is 1. The lowest BCUT2D eigenvalue weighted by Gasteiger charge is -2.28. The summed E-state index contributed by atoms with van der Waals surface area (Å²) >= 11 is 2.30. The molecule has 84 valence electrons. The first-order chi connectivity index (χ1) is 6.36. The maximum absolute atomic E-state index is 11.8. The first kappa shape index (κ1) is 14.2. The summed E-state index contributed by atoms with van der Waals surface area (Å²) in [6.45, 7) is 11.3. The van der Waals surface area contributed by atoms with Crippen molar-refractivity contribution in [3.05, 3.63) is 0 Å². The van der Waals surface area contributed by atoms with Crippen molar-refractivity contribution < 1.29 is 4.79 Å². The topological polar surface area (TPSA) is 20.3 Å². The van der Waals surface area contributed by atoms with Gasteiger partial charge in [-0.05, 0) is 19.3 Å². The predicted molar refractivity (Wildman–Crippen MR) is 69.5 cm³/mol. The lowest BCUT2D eigenvalue weighted by atomic mass is 10.1. The summed E-state index contributed by atoms with van der Waals surface area (Å²) in [5.74, 6) is 1.04. The highest BCUT2D eigenvalue weighted by Crippen LogP contribution is 2.14. The van der Waals surface area contributed by atoms with Gasteiger partial charge in [0.2, 0.25) is 5.91 Å². The molecule has 0 rings (SSSR count). The molecule has 1 atom stereocenters. The van der Waals surface area contributed by atoms with Gasteiger partial charge in [0, 0.05) is 12.5 Å². The van der Waals surface area contributed by atoms with Gasteiger partial charge in [-0.25, -0.2) is 0 Å². The molecule has 0 bridgehead atoms. The molecule has 0 saturated heterocycles. The van der Waals surface area contributed by atoms with Crippen LogP contribution in [0.1, 0.15) is 41.0 Å². The van der Waals surface area contributed by atoms with Crippen molar-refractivity contribution in [2.45, 2.75) is 45.1 Å². The molecule has 0 radical (unpaired) electrons. The number of amides is 1. The van der Waals surface area contributed by atoms with Crippen molar-refractivity contribution in [3.8, 4) is 0 Å². The smallest absolute Gasteiger partial charge is 0.225 e. The van der Waals surface area contributed by atoms with E-state index in [0.29, 0.717) is 9.97 Å². The molecule has 0 aliphatic heterocycles. The first-order valence-corrected chi connectivity index (χ1v) is 6.55. The third-order valence-corrected chi connectivity index (χ3v) is 2.83. The Morgan fingerprint density at radius 2 is 1.71 bits per heavy atom. The van der Waals surface area contributed by atoms with Crippen LogP contribution in [0.2, 0.25) is 0 Å².